The Hall–Kier alpha value is -3.15. The van der Waals surface area contributed by atoms with Gasteiger partial charge in [-0.25, -0.2) is 9.97 Å². The summed E-state index contributed by atoms with van der Waals surface area (Å²) in [6, 6.07) is 15.0. The number of imidazole rings is 1. The van der Waals surface area contributed by atoms with Crippen molar-refractivity contribution < 1.29 is 0 Å². The molecule has 2 heterocycles. The molecule has 0 aliphatic carbocycles. The number of aliphatic imine (C=N–C) groups is 1. The number of aryl methyl sites for hydroxylation is 2. The van der Waals surface area contributed by atoms with Crippen LogP contribution in [0.4, 0.5) is 0 Å². The van der Waals surface area contributed by atoms with Gasteiger partial charge in [0.2, 0.25) is 0 Å². The van der Waals surface area contributed by atoms with Gasteiger partial charge in [0.1, 0.15) is 11.6 Å². The molecule has 2 aromatic heterocycles. The molecule has 0 bridgehead atoms. The molecule has 3 aromatic rings. The Morgan fingerprint density at radius 1 is 1.11 bits per heavy atom. The van der Waals surface area contributed by atoms with Crippen LogP contribution in [0.5, 0.6) is 0 Å². The summed E-state index contributed by atoms with van der Waals surface area (Å²) in [6.07, 6.45) is 7.67. The van der Waals surface area contributed by atoms with Crippen molar-refractivity contribution >= 4 is 5.96 Å². The number of guanidine groups is 1. The standard InChI is InChI=1S/C22H28N6/c1-17(9-10-19-7-5-4-6-8-19)27-22(23-3)26-16-20-11-12-21(25-15-20)28-14-13-24-18(28)2/h4-8,11-15,17H,9-10,16H2,1-3H3,(H2,23,26,27). The van der Waals surface area contributed by atoms with E-state index >= 15 is 0 Å². The van der Waals surface area contributed by atoms with E-state index in [1.807, 2.05) is 30.0 Å². The lowest BCUT2D eigenvalue weighted by Gasteiger charge is -2.18. The molecule has 0 saturated carbocycles. The molecule has 0 amide bonds. The largest absolute Gasteiger partial charge is 0.354 e. The third-order valence-corrected chi connectivity index (χ3v) is 4.66. The van der Waals surface area contributed by atoms with E-state index in [0.29, 0.717) is 12.6 Å². The fraction of sp³-hybridized carbons (Fsp3) is 0.318. The van der Waals surface area contributed by atoms with Crippen molar-refractivity contribution in [1.29, 1.82) is 0 Å². The first-order valence-electron chi connectivity index (χ1n) is 9.62. The molecule has 0 aliphatic heterocycles. The van der Waals surface area contributed by atoms with Crippen molar-refractivity contribution in [2.24, 2.45) is 4.99 Å². The first kappa shape index (κ1) is 19.6. The molecule has 146 valence electrons. The highest BCUT2D eigenvalue weighted by Crippen LogP contribution is 2.08. The number of benzene rings is 1. The molecule has 3 rings (SSSR count). The highest BCUT2D eigenvalue weighted by Gasteiger charge is 2.07. The van der Waals surface area contributed by atoms with E-state index < -0.39 is 0 Å². The average molecular weight is 377 g/mol. The van der Waals surface area contributed by atoms with E-state index in [1.54, 1.807) is 13.2 Å². The van der Waals surface area contributed by atoms with E-state index in [1.165, 1.54) is 5.56 Å². The molecule has 0 aliphatic rings. The van der Waals surface area contributed by atoms with Gasteiger partial charge in [0.05, 0.1) is 0 Å². The van der Waals surface area contributed by atoms with Gasteiger partial charge in [-0.1, -0.05) is 36.4 Å². The number of nitrogens with zero attached hydrogens (tertiary/aromatic N) is 4. The predicted molar refractivity (Wildman–Crippen MR) is 114 cm³/mol. The lowest BCUT2D eigenvalue weighted by molar-refractivity contribution is 0.593. The van der Waals surface area contributed by atoms with Crippen LogP contribution in [0.15, 0.2) is 66.0 Å². The van der Waals surface area contributed by atoms with Crippen LogP contribution in [0.2, 0.25) is 0 Å². The lowest BCUT2D eigenvalue weighted by Crippen LogP contribution is -2.42. The number of rotatable bonds is 7. The van der Waals surface area contributed by atoms with E-state index in [2.05, 4.69) is 68.9 Å². The topological polar surface area (TPSA) is 67.1 Å². The Balaban J connectivity index is 1.47. The second-order valence-corrected chi connectivity index (χ2v) is 6.86. The van der Waals surface area contributed by atoms with Gasteiger partial charge >= 0.3 is 0 Å². The SMILES string of the molecule is CN=C(NCc1ccc(-n2ccnc2C)nc1)NC(C)CCc1ccccc1. The number of hydrogen-bond acceptors (Lipinski definition) is 3. The second kappa shape index (κ2) is 9.69. The van der Waals surface area contributed by atoms with Crippen molar-refractivity contribution in [3.8, 4) is 5.82 Å². The maximum absolute atomic E-state index is 4.53. The summed E-state index contributed by atoms with van der Waals surface area (Å²) in [7, 11) is 1.79. The quantitative estimate of drug-likeness (QED) is 0.491. The fourth-order valence-corrected chi connectivity index (χ4v) is 3.00. The van der Waals surface area contributed by atoms with Gasteiger partial charge in [0, 0.05) is 38.2 Å². The highest BCUT2D eigenvalue weighted by molar-refractivity contribution is 5.79. The van der Waals surface area contributed by atoms with E-state index in [0.717, 1.165) is 36.0 Å². The molecule has 2 N–H and O–H groups in total. The molecular weight excluding hydrogens is 348 g/mol. The Kier molecular flexibility index (Phi) is 6.78. The number of pyridine rings is 1. The lowest BCUT2D eigenvalue weighted by atomic mass is 10.1. The summed E-state index contributed by atoms with van der Waals surface area (Å²) in [5.74, 6) is 2.60. The van der Waals surface area contributed by atoms with Gasteiger partial charge in [0.25, 0.3) is 0 Å². The zero-order valence-electron chi connectivity index (χ0n) is 16.8. The van der Waals surface area contributed by atoms with Gasteiger partial charge in [-0.2, -0.15) is 0 Å². The minimum absolute atomic E-state index is 0.330. The van der Waals surface area contributed by atoms with Crippen molar-refractivity contribution in [1.82, 2.24) is 25.2 Å². The minimum Gasteiger partial charge on any atom is -0.354 e. The van der Waals surface area contributed by atoms with Gasteiger partial charge in [-0.05, 0) is 43.9 Å². The van der Waals surface area contributed by atoms with Gasteiger partial charge in [0.15, 0.2) is 5.96 Å². The first-order valence-corrected chi connectivity index (χ1v) is 9.62. The molecule has 0 radical (unpaired) electrons. The minimum atomic E-state index is 0.330. The summed E-state index contributed by atoms with van der Waals surface area (Å²) in [5, 5.41) is 6.81. The third-order valence-electron chi connectivity index (χ3n) is 4.66. The van der Waals surface area contributed by atoms with Gasteiger partial charge in [-0.15, -0.1) is 0 Å². The summed E-state index contributed by atoms with van der Waals surface area (Å²) in [6.45, 7) is 4.81. The maximum Gasteiger partial charge on any atom is 0.191 e. The Morgan fingerprint density at radius 2 is 1.93 bits per heavy atom. The van der Waals surface area contributed by atoms with Gasteiger partial charge < -0.3 is 10.6 Å². The highest BCUT2D eigenvalue weighted by atomic mass is 15.2. The van der Waals surface area contributed by atoms with Crippen LogP contribution in [-0.2, 0) is 13.0 Å². The summed E-state index contributed by atoms with van der Waals surface area (Å²) in [4.78, 5) is 13.1. The summed E-state index contributed by atoms with van der Waals surface area (Å²) < 4.78 is 1.96. The molecule has 28 heavy (non-hydrogen) atoms. The molecule has 0 spiro atoms. The Morgan fingerprint density at radius 3 is 2.57 bits per heavy atom. The zero-order valence-corrected chi connectivity index (χ0v) is 16.8. The Labute approximate surface area is 166 Å². The zero-order chi connectivity index (χ0) is 19.8. The van der Waals surface area contributed by atoms with Crippen molar-refractivity contribution in [3.63, 3.8) is 0 Å². The fourth-order valence-electron chi connectivity index (χ4n) is 3.00. The van der Waals surface area contributed by atoms with Crippen LogP contribution in [-0.4, -0.2) is 33.6 Å². The van der Waals surface area contributed by atoms with Crippen LogP contribution >= 0.6 is 0 Å². The van der Waals surface area contributed by atoms with Crippen molar-refractivity contribution in [3.05, 3.63) is 78.0 Å². The normalized spacial score (nSPS) is 12.6. The van der Waals surface area contributed by atoms with Crippen molar-refractivity contribution in [2.75, 3.05) is 7.05 Å². The second-order valence-electron chi connectivity index (χ2n) is 6.86. The number of nitrogens with one attached hydrogen (secondary N) is 2. The molecule has 6 heteroatoms. The monoisotopic (exact) mass is 376 g/mol. The predicted octanol–water partition coefficient (Wildman–Crippen LogP) is 3.26. The summed E-state index contributed by atoms with van der Waals surface area (Å²) in [5.41, 5.74) is 2.46. The van der Waals surface area contributed by atoms with Gasteiger partial charge in [-0.3, -0.25) is 9.56 Å². The van der Waals surface area contributed by atoms with Crippen LogP contribution in [0, 0.1) is 6.92 Å². The maximum atomic E-state index is 4.53. The molecule has 6 nitrogen and oxygen atoms in total. The Bertz CT molecular complexity index is 883. The number of aromatic nitrogens is 3. The van der Waals surface area contributed by atoms with E-state index in [9.17, 15) is 0 Å². The average Bonchev–Trinajstić information content (AvgIpc) is 3.16. The van der Waals surface area contributed by atoms with Crippen LogP contribution in [0.25, 0.3) is 5.82 Å². The van der Waals surface area contributed by atoms with Crippen molar-refractivity contribution in [2.45, 2.75) is 39.3 Å². The smallest absolute Gasteiger partial charge is 0.191 e. The van der Waals surface area contributed by atoms with Crippen LogP contribution < -0.4 is 10.6 Å². The van der Waals surface area contributed by atoms with E-state index in [4.69, 9.17) is 0 Å². The van der Waals surface area contributed by atoms with Crippen LogP contribution in [0.1, 0.15) is 30.3 Å². The molecule has 0 fully saturated rings. The van der Waals surface area contributed by atoms with E-state index in [-0.39, 0.29) is 0 Å². The molecule has 1 aromatic carbocycles. The summed E-state index contributed by atoms with van der Waals surface area (Å²) >= 11 is 0. The molecular formula is C22H28N6. The molecule has 0 saturated heterocycles. The molecule has 1 unspecified atom stereocenters. The third kappa shape index (κ3) is 5.42. The van der Waals surface area contributed by atoms with Crippen LogP contribution in [0.3, 0.4) is 0 Å². The number of hydrogen-bond donors (Lipinski definition) is 2. The molecule has 1 atom stereocenters. The first-order chi connectivity index (χ1) is 13.7.